The molecule has 3 heteroatoms. The Morgan fingerprint density at radius 3 is 2.24 bits per heavy atom. The highest BCUT2D eigenvalue weighted by Gasteiger charge is 2.47. The first kappa shape index (κ1) is 12.9. The summed E-state index contributed by atoms with van der Waals surface area (Å²) >= 11 is 0. The lowest BCUT2D eigenvalue weighted by atomic mass is 9.63. The van der Waals surface area contributed by atoms with Crippen molar-refractivity contribution in [3.63, 3.8) is 0 Å². The summed E-state index contributed by atoms with van der Waals surface area (Å²) in [6.45, 7) is 4.30. The van der Waals surface area contributed by atoms with Crippen LogP contribution in [0.15, 0.2) is 0 Å². The van der Waals surface area contributed by atoms with Gasteiger partial charge in [0.05, 0.1) is 0 Å². The van der Waals surface area contributed by atoms with Gasteiger partial charge in [0.25, 0.3) is 0 Å². The van der Waals surface area contributed by atoms with Gasteiger partial charge < -0.3 is 11.1 Å². The quantitative estimate of drug-likeness (QED) is 0.725. The van der Waals surface area contributed by atoms with Gasteiger partial charge in [-0.2, -0.15) is 0 Å². The zero-order valence-corrected chi connectivity index (χ0v) is 11.2. The normalized spacial score (nSPS) is 33.6. The van der Waals surface area contributed by atoms with Gasteiger partial charge in [-0.1, -0.05) is 39.5 Å². The summed E-state index contributed by atoms with van der Waals surface area (Å²) in [4.78, 5) is 12.2. The number of carbonyl (C=O) groups excluding carboxylic acids is 1. The summed E-state index contributed by atoms with van der Waals surface area (Å²) in [5.74, 6) is 0.530. The van der Waals surface area contributed by atoms with Crippen molar-refractivity contribution in [3.8, 4) is 0 Å². The van der Waals surface area contributed by atoms with Gasteiger partial charge in [0.15, 0.2) is 0 Å². The smallest absolute Gasteiger partial charge is 0.223 e. The fourth-order valence-electron chi connectivity index (χ4n) is 3.04. The average Bonchev–Trinajstić information content (AvgIpc) is 2.57. The molecular weight excluding hydrogens is 212 g/mol. The molecule has 0 bridgehead atoms. The van der Waals surface area contributed by atoms with Crippen LogP contribution in [0.25, 0.3) is 0 Å². The summed E-state index contributed by atoms with van der Waals surface area (Å²) < 4.78 is 0. The Balaban J connectivity index is 1.84. The maximum Gasteiger partial charge on any atom is 0.223 e. The number of hydrogen-bond acceptors (Lipinski definition) is 2. The zero-order chi connectivity index (χ0) is 12.5. The molecule has 2 atom stereocenters. The van der Waals surface area contributed by atoms with Crippen molar-refractivity contribution in [1.29, 1.82) is 0 Å². The molecule has 0 saturated heterocycles. The highest BCUT2D eigenvalue weighted by molar-refractivity contribution is 5.79. The van der Waals surface area contributed by atoms with Gasteiger partial charge in [-0.25, -0.2) is 0 Å². The number of rotatable bonds is 2. The summed E-state index contributed by atoms with van der Waals surface area (Å²) in [6.07, 6.45) is 8.10. The maximum absolute atomic E-state index is 12.2. The molecule has 2 unspecified atom stereocenters. The van der Waals surface area contributed by atoms with E-state index < -0.39 is 0 Å². The van der Waals surface area contributed by atoms with Crippen LogP contribution in [0, 0.1) is 11.3 Å². The van der Waals surface area contributed by atoms with Crippen LogP contribution in [0.2, 0.25) is 0 Å². The van der Waals surface area contributed by atoms with E-state index in [0.717, 1.165) is 19.3 Å². The van der Waals surface area contributed by atoms with Crippen LogP contribution in [0.3, 0.4) is 0 Å². The second kappa shape index (κ2) is 4.97. The molecule has 2 fully saturated rings. The third-order valence-corrected chi connectivity index (χ3v) is 4.89. The van der Waals surface area contributed by atoms with E-state index in [-0.39, 0.29) is 29.3 Å². The molecule has 0 aliphatic heterocycles. The van der Waals surface area contributed by atoms with Gasteiger partial charge in [0, 0.05) is 23.4 Å². The Morgan fingerprint density at radius 1 is 1.18 bits per heavy atom. The monoisotopic (exact) mass is 238 g/mol. The first-order valence-corrected chi connectivity index (χ1v) is 7.08. The van der Waals surface area contributed by atoms with Gasteiger partial charge in [-0.15, -0.1) is 0 Å². The minimum atomic E-state index is 0.0698. The van der Waals surface area contributed by atoms with Crippen molar-refractivity contribution in [3.05, 3.63) is 0 Å². The van der Waals surface area contributed by atoms with E-state index in [1.807, 2.05) is 0 Å². The number of amides is 1. The second-order valence-corrected chi connectivity index (χ2v) is 6.41. The number of nitrogens with two attached hydrogens (primary N) is 1. The number of hydrogen-bond donors (Lipinski definition) is 2. The first-order valence-electron chi connectivity index (χ1n) is 7.08. The molecule has 0 heterocycles. The third kappa shape index (κ3) is 2.65. The van der Waals surface area contributed by atoms with Crippen LogP contribution < -0.4 is 11.1 Å². The van der Waals surface area contributed by atoms with Crippen LogP contribution in [0.4, 0.5) is 0 Å². The minimum Gasteiger partial charge on any atom is -0.352 e. The molecule has 17 heavy (non-hydrogen) atoms. The molecule has 2 saturated carbocycles. The molecule has 0 radical (unpaired) electrons. The van der Waals surface area contributed by atoms with Crippen LogP contribution in [0.1, 0.15) is 58.8 Å². The fraction of sp³-hybridized carbons (Fsp3) is 0.929. The molecule has 2 aliphatic carbocycles. The molecular formula is C14H26N2O. The zero-order valence-electron chi connectivity index (χ0n) is 11.2. The van der Waals surface area contributed by atoms with Crippen molar-refractivity contribution in [1.82, 2.24) is 5.32 Å². The lowest BCUT2D eigenvalue weighted by molar-refractivity contribution is -0.128. The highest BCUT2D eigenvalue weighted by atomic mass is 16.2. The van der Waals surface area contributed by atoms with Gasteiger partial charge in [0.2, 0.25) is 5.91 Å². The van der Waals surface area contributed by atoms with E-state index in [4.69, 9.17) is 5.73 Å². The van der Waals surface area contributed by atoms with Crippen LogP contribution in [-0.2, 0) is 4.79 Å². The Labute approximate surface area is 105 Å². The molecule has 2 rings (SSSR count). The van der Waals surface area contributed by atoms with Crippen LogP contribution >= 0.6 is 0 Å². The van der Waals surface area contributed by atoms with Crippen molar-refractivity contribution in [2.45, 2.75) is 70.9 Å². The van der Waals surface area contributed by atoms with E-state index >= 15 is 0 Å². The highest BCUT2D eigenvalue weighted by Crippen LogP contribution is 2.39. The molecule has 3 N–H and O–H groups in total. The predicted octanol–water partition coefficient (Wildman–Crippen LogP) is 2.20. The van der Waals surface area contributed by atoms with Crippen LogP contribution in [-0.4, -0.2) is 18.0 Å². The Bertz CT molecular complexity index is 280. The van der Waals surface area contributed by atoms with E-state index in [1.165, 1.54) is 25.7 Å². The molecule has 98 valence electrons. The standard InChI is InChI=1S/C14H26N2O/c1-14(2)11(15)9-12(14)16-13(17)10-7-5-3-4-6-8-10/h10-12H,3-9,15H2,1-2H3,(H,16,17). The summed E-state index contributed by atoms with van der Waals surface area (Å²) in [6, 6.07) is 0.523. The van der Waals surface area contributed by atoms with E-state index in [2.05, 4.69) is 19.2 Å². The Kier molecular flexibility index (Phi) is 3.76. The van der Waals surface area contributed by atoms with Crippen molar-refractivity contribution in [2.24, 2.45) is 17.1 Å². The Hall–Kier alpha value is -0.570. The Morgan fingerprint density at radius 2 is 1.76 bits per heavy atom. The SMILES string of the molecule is CC1(C)C(N)CC1NC(=O)C1CCCCCC1. The summed E-state index contributed by atoms with van der Waals surface area (Å²) in [5, 5.41) is 3.22. The third-order valence-electron chi connectivity index (χ3n) is 4.89. The molecule has 0 spiro atoms. The van der Waals surface area contributed by atoms with E-state index in [0.29, 0.717) is 0 Å². The molecule has 2 aliphatic rings. The number of carbonyl (C=O) groups is 1. The summed E-state index contributed by atoms with van der Waals surface area (Å²) in [7, 11) is 0. The summed E-state index contributed by atoms with van der Waals surface area (Å²) in [5.41, 5.74) is 6.04. The maximum atomic E-state index is 12.2. The number of nitrogens with one attached hydrogen (secondary N) is 1. The molecule has 1 amide bonds. The van der Waals surface area contributed by atoms with Gasteiger partial charge in [-0.05, 0) is 19.3 Å². The van der Waals surface area contributed by atoms with Crippen molar-refractivity contribution in [2.75, 3.05) is 0 Å². The predicted molar refractivity (Wildman–Crippen MR) is 69.5 cm³/mol. The molecule has 3 nitrogen and oxygen atoms in total. The lowest BCUT2D eigenvalue weighted by Crippen LogP contribution is -2.65. The molecule has 0 aromatic carbocycles. The van der Waals surface area contributed by atoms with Gasteiger partial charge in [-0.3, -0.25) is 4.79 Å². The van der Waals surface area contributed by atoms with Gasteiger partial charge in [0.1, 0.15) is 0 Å². The largest absolute Gasteiger partial charge is 0.352 e. The fourth-order valence-corrected chi connectivity index (χ4v) is 3.04. The second-order valence-electron chi connectivity index (χ2n) is 6.41. The van der Waals surface area contributed by atoms with Crippen molar-refractivity contribution >= 4 is 5.91 Å². The first-order chi connectivity index (χ1) is 8.01. The van der Waals surface area contributed by atoms with E-state index in [1.54, 1.807) is 0 Å². The lowest BCUT2D eigenvalue weighted by Gasteiger charge is -2.50. The van der Waals surface area contributed by atoms with Gasteiger partial charge >= 0.3 is 0 Å². The van der Waals surface area contributed by atoms with E-state index in [9.17, 15) is 4.79 Å². The molecule has 0 aromatic heterocycles. The van der Waals surface area contributed by atoms with Crippen LogP contribution in [0.5, 0.6) is 0 Å². The van der Waals surface area contributed by atoms with Crippen molar-refractivity contribution < 1.29 is 4.79 Å². The molecule has 0 aromatic rings. The minimum absolute atomic E-state index is 0.0698. The topological polar surface area (TPSA) is 55.1 Å². The average molecular weight is 238 g/mol.